The predicted octanol–water partition coefficient (Wildman–Crippen LogP) is 4.18. The molecule has 4 aromatic rings. The van der Waals surface area contributed by atoms with Crippen LogP contribution in [0.1, 0.15) is 29.4 Å². The average Bonchev–Trinajstić information content (AvgIpc) is 3.70. The molecule has 3 atom stereocenters. The molecule has 3 amide bonds. The summed E-state index contributed by atoms with van der Waals surface area (Å²) in [6.07, 6.45) is -2.07. The molecule has 3 aromatic carbocycles. The SMILES string of the molecule is C[C@H](O)C1=Nc2c(ccc(-c3cccc(NC(=O)[C@@H]4C[C@@H](F)CN4C(=O)Cn4nc(C(N)=O)c5ccccc54)c3F)c2Cl)C1. The average molecular weight is 621 g/mol. The molecule has 4 N–H and O–H groups in total. The Hall–Kier alpha value is -4.68. The minimum atomic E-state index is -1.47. The molecular formula is C31H27ClF2N6O4. The van der Waals surface area contributed by atoms with Crippen molar-refractivity contribution in [1.29, 1.82) is 0 Å². The van der Waals surface area contributed by atoms with Crippen LogP contribution in [-0.2, 0) is 22.6 Å². The first-order valence-electron chi connectivity index (χ1n) is 13.9. The lowest BCUT2D eigenvalue weighted by atomic mass is 9.99. The van der Waals surface area contributed by atoms with Gasteiger partial charge in [0, 0.05) is 29.4 Å². The summed E-state index contributed by atoms with van der Waals surface area (Å²) >= 11 is 6.62. The lowest BCUT2D eigenvalue weighted by Gasteiger charge is -2.24. The topological polar surface area (TPSA) is 143 Å². The number of likely N-dealkylation sites (tertiary alicyclic amines) is 1. The van der Waals surface area contributed by atoms with Gasteiger partial charge in [0.15, 0.2) is 11.5 Å². The van der Waals surface area contributed by atoms with Crippen LogP contribution < -0.4 is 11.1 Å². The van der Waals surface area contributed by atoms with Gasteiger partial charge in [-0.1, -0.05) is 54.1 Å². The lowest BCUT2D eigenvalue weighted by molar-refractivity contribution is -0.137. The van der Waals surface area contributed by atoms with Crippen molar-refractivity contribution in [2.75, 3.05) is 11.9 Å². The summed E-state index contributed by atoms with van der Waals surface area (Å²) in [5.74, 6) is -2.90. The minimum absolute atomic E-state index is 0.0125. The van der Waals surface area contributed by atoms with Gasteiger partial charge in [0.1, 0.15) is 18.8 Å². The number of rotatable bonds is 7. The van der Waals surface area contributed by atoms with E-state index in [9.17, 15) is 23.9 Å². The van der Waals surface area contributed by atoms with Crippen molar-refractivity contribution in [3.8, 4) is 11.1 Å². The largest absolute Gasteiger partial charge is 0.387 e. The smallest absolute Gasteiger partial charge is 0.269 e. The first kappa shape index (κ1) is 29.4. The van der Waals surface area contributed by atoms with Crippen LogP contribution in [0.3, 0.4) is 0 Å². The van der Waals surface area contributed by atoms with E-state index in [0.717, 1.165) is 10.5 Å². The summed E-state index contributed by atoms with van der Waals surface area (Å²) in [5, 5.41) is 17.3. The number of anilines is 1. The van der Waals surface area contributed by atoms with E-state index in [1.165, 1.54) is 22.9 Å². The Kier molecular flexibility index (Phi) is 7.64. The summed E-state index contributed by atoms with van der Waals surface area (Å²) in [6.45, 7) is 0.903. The number of fused-ring (bicyclic) bond motifs is 2. The van der Waals surface area contributed by atoms with Crippen molar-refractivity contribution in [3.05, 3.63) is 76.7 Å². The number of hydrogen-bond acceptors (Lipinski definition) is 6. The summed E-state index contributed by atoms with van der Waals surface area (Å²) < 4.78 is 31.7. The molecule has 0 aliphatic carbocycles. The molecule has 0 unspecified atom stereocenters. The standard InChI is InChI=1S/C31H27ClF2N6O4/c1-15(41)22-11-16-9-10-18(26(32)28(16)36-22)19-6-4-7-21(27(19)34)37-31(44)24-12-17(33)13-39(24)25(42)14-40-23-8-3-2-5-20(23)29(38-40)30(35)43/h2-10,15,17,24,41H,11-14H2,1H3,(H2,35,43)(H,37,44)/t15-,17+,24-/m0/s1. The monoisotopic (exact) mass is 620 g/mol. The molecule has 2 aliphatic heterocycles. The zero-order chi connectivity index (χ0) is 31.3. The van der Waals surface area contributed by atoms with Gasteiger partial charge in [-0.3, -0.25) is 24.1 Å². The van der Waals surface area contributed by atoms with E-state index < -0.39 is 41.9 Å². The Morgan fingerprint density at radius 2 is 1.91 bits per heavy atom. The highest BCUT2D eigenvalue weighted by molar-refractivity contribution is 6.36. The number of halogens is 3. The molecule has 6 rings (SSSR count). The minimum Gasteiger partial charge on any atom is -0.387 e. The maximum Gasteiger partial charge on any atom is 0.269 e. The van der Waals surface area contributed by atoms with Gasteiger partial charge < -0.3 is 21.1 Å². The molecule has 13 heteroatoms. The number of amides is 3. The van der Waals surface area contributed by atoms with E-state index >= 15 is 4.39 Å². The second-order valence-electron chi connectivity index (χ2n) is 10.8. The highest BCUT2D eigenvalue weighted by Gasteiger charge is 2.40. The van der Waals surface area contributed by atoms with E-state index in [4.69, 9.17) is 17.3 Å². The van der Waals surface area contributed by atoms with Crippen LogP contribution in [0.15, 0.2) is 59.6 Å². The molecule has 3 heterocycles. The van der Waals surface area contributed by atoms with Crippen LogP contribution in [0.2, 0.25) is 5.02 Å². The molecule has 226 valence electrons. The van der Waals surface area contributed by atoms with E-state index in [-0.39, 0.29) is 41.5 Å². The van der Waals surface area contributed by atoms with Crippen molar-refractivity contribution in [1.82, 2.24) is 14.7 Å². The number of carbonyl (C=O) groups is 3. The molecule has 1 saturated heterocycles. The van der Waals surface area contributed by atoms with Gasteiger partial charge in [-0.05, 0) is 24.6 Å². The van der Waals surface area contributed by atoms with E-state index in [1.54, 1.807) is 43.3 Å². The highest BCUT2D eigenvalue weighted by Crippen LogP contribution is 2.43. The Bertz CT molecular complexity index is 1870. The Morgan fingerprint density at radius 1 is 1.14 bits per heavy atom. The number of nitrogens with one attached hydrogen (secondary N) is 1. The van der Waals surface area contributed by atoms with Crippen LogP contribution in [0.4, 0.5) is 20.2 Å². The van der Waals surface area contributed by atoms with Gasteiger partial charge in [-0.25, -0.2) is 8.78 Å². The van der Waals surface area contributed by atoms with Crippen molar-refractivity contribution >= 4 is 57.3 Å². The third-order valence-corrected chi connectivity index (χ3v) is 8.29. The van der Waals surface area contributed by atoms with Crippen LogP contribution in [0.5, 0.6) is 0 Å². The van der Waals surface area contributed by atoms with Gasteiger partial charge in [-0.2, -0.15) is 5.10 Å². The lowest BCUT2D eigenvalue weighted by Crippen LogP contribution is -2.44. The molecule has 1 aromatic heterocycles. The van der Waals surface area contributed by atoms with Gasteiger partial charge in [-0.15, -0.1) is 0 Å². The summed E-state index contributed by atoms with van der Waals surface area (Å²) in [4.78, 5) is 44.1. The number of hydrogen-bond donors (Lipinski definition) is 3. The van der Waals surface area contributed by atoms with E-state index in [1.807, 2.05) is 0 Å². The molecule has 2 aliphatic rings. The molecule has 44 heavy (non-hydrogen) atoms. The number of benzene rings is 3. The summed E-state index contributed by atoms with van der Waals surface area (Å²) in [7, 11) is 0. The number of aromatic nitrogens is 2. The summed E-state index contributed by atoms with van der Waals surface area (Å²) in [5.41, 5.74) is 8.00. The number of primary amides is 1. The van der Waals surface area contributed by atoms with Crippen LogP contribution >= 0.6 is 11.6 Å². The molecular weight excluding hydrogens is 594 g/mol. The molecule has 0 spiro atoms. The van der Waals surface area contributed by atoms with Crippen molar-refractivity contribution in [2.45, 2.75) is 44.6 Å². The number of para-hydroxylation sites is 1. The van der Waals surface area contributed by atoms with E-state index in [0.29, 0.717) is 34.3 Å². The van der Waals surface area contributed by atoms with Gasteiger partial charge in [0.25, 0.3) is 5.91 Å². The normalized spacial score (nSPS) is 18.3. The van der Waals surface area contributed by atoms with Crippen LogP contribution in [-0.4, -0.2) is 68.1 Å². The first-order valence-corrected chi connectivity index (χ1v) is 14.3. The molecule has 0 saturated carbocycles. The number of nitrogens with zero attached hydrogens (tertiary/aromatic N) is 4. The quantitative estimate of drug-likeness (QED) is 0.284. The number of nitrogens with two attached hydrogens (primary N) is 1. The Labute approximate surface area is 255 Å². The fraction of sp³-hybridized carbons (Fsp3) is 0.258. The van der Waals surface area contributed by atoms with Crippen LogP contribution in [0, 0.1) is 5.82 Å². The third-order valence-electron chi connectivity index (χ3n) is 7.91. The first-order chi connectivity index (χ1) is 21.0. The zero-order valence-electron chi connectivity index (χ0n) is 23.4. The Balaban J connectivity index is 1.24. The molecule has 0 bridgehead atoms. The number of aliphatic hydroxyl groups excluding tert-OH is 1. The predicted molar refractivity (Wildman–Crippen MR) is 161 cm³/mol. The number of aliphatic imine (C=N–C) groups is 1. The molecule has 10 nitrogen and oxygen atoms in total. The number of alkyl halides is 1. The maximum absolute atomic E-state index is 15.8. The van der Waals surface area contributed by atoms with Crippen LogP contribution in [0.25, 0.3) is 22.0 Å². The zero-order valence-corrected chi connectivity index (χ0v) is 24.2. The second kappa shape index (κ2) is 11.4. The summed E-state index contributed by atoms with van der Waals surface area (Å²) in [6, 6.07) is 13.3. The number of carbonyl (C=O) groups excluding carboxylic acids is 3. The number of aliphatic hydroxyl groups is 1. The third kappa shape index (κ3) is 5.20. The second-order valence-corrected chi connectivity index (χ2v) is 11.2. The fourth-order valence-electron chi connectivity index (χ4n) is 5.71. The van der Waals surface area contributed by atoms with Crippen molar-refractivity contribution < 1.29 is 28.3 Å². The van der Waals surface area contributed by atoms with Crippen molar-refractivity contribution in [3.63, 3.8) is 0 Å². The van der Waals surface area contributed by atoms with E-state index in [2.05, 4.69) is 15.4 Å². The van der Waals surface area contributed by atoms with Gasteiger partial charge in [0.2, 0.25) is 11.8 Å². The van der Waals surface area contributed by atoms with Crippen molar-refractivity contribution in [2.24, 2.45) is 10.7 Å². The molecule has 0 radical (unpaired) electrons. The molecule has 1 fully saturated rings. The highest BCUT2D eigenvalue weighted by atomic mass is 35.5. The van der Waals surface area contributed by atoms with Gasteiger partial charge >= 0.3 is 0 Å². The fourth-order valence-corrected chi connectivity index (χ4v) is 6.03. The van der Waals surface area contributed by atoms with Gasteiger partial charge in [0.05, 0.1) is 40.3 Å². The Morgan fingerprint density at radius 3 is 2.66 bits per heavy atom. The maximum atomic E-state index is 15.8.